The zero-order chi connectivity index (χ0) is 20.5. The van der Waals surface area contributed by atoms with E-state index < -0.39 is 11.5 Å². The van der Waals surface area contributed by atoms with E-state index >= 15 is 0 Å². The fourth-order valence-electron chi connectivity index (χ4n) is 3.02. The average molecular weight is 446 g/mol. The highest BCUT2D eigenvalue weighted by Crippen LogP contribution is 2.34. The van der Waals surface area contributed by atoms with Crippen molar-refractivity contribution in [3.8, 4) is 10.4 Å². The second-order valence-corrected chi connectivity index (χ2v) is 9.86. The lowest BCUT2D eigenvalue weighted by Gasteiger charge is -2.22. The van der Waals surface area contributed by atoms with E-state index in [1.54, 1.807) is 10.3 Å². The van der Waals surface area contributed by atoms with Gasteiger partial charge in [-0.2, -0.15) is 0 Å². The number of thioether (sulfide) groups is 1. The quantitative estimate of drug-likeness (QED) is 0.550. The summed E-state index contributed by atoms with van der Waals surface area (Å²) in [6.45, 7) is 6.24. The number of esters is 1. The minimum Gasteiger partial charge on any atom is -0.426 e. The van der Waals surface area contributed by atoms with Crippen LogP contribution in [-0.4, -0.2) is 44.6 Å². The number of carbonyl (C=O) groups is 2. The molecule has 2 aromatic heterocycles. The van der Waals surface area contributed by atoms with Gasteiger partial charge in [0.25, 0.3) is 5.91 Å². The van der Waals surface area contributed by atoms with Crippen molar-refractivity contribution in [1.82, 2.24) is 14.9 Å². The molecule has 6 nitrogen and oxygen atoms in total. The molecule has 3 aromatic rings. The Morgan fingerprint density at radius 1 is 1.21 bits per heavy atom. The summed E-state index contributed by atoms with van der Waals surface area (Å²) in [6, 6.07) is 8.02. The molecule has 1 amide bonds. The first-order valence-corrected chi connectivity index (χ1v) is 11.8. The molecular formula is C20H19N3O3S3. The van der Waals surface area contributed by atoms with E-state index in [0.29, 0.717) is 23.0 Å². The van der Waals surface area contributed by atoms with Gasteiger partial charge >= 0.3 is 5.97 Å². The molecule has 9 heteroatoms. The third kappa shape index (κ3) is 4.22. The van der Waals surface area contributed by atoms with Gasteiger partial charge in [-0.15, -0.1) is 22.7 Å². The molecule has 1 unspecified atom stereocenters. The third-order valence-corrected chi connectivity index (χ3v) is 7.34. The lowest BCUT2D eigenvalue weighted by atomic mass is 10.1. The van der Waals surface area contributed by atoms with Crippen molar-refractivity contribution in [3.63, 3.8) is 0 Å². The second-order valence-electron chi connectivity index (χ2n) is 6.66. The maximum Gasteiger partial charge on any atom is 0.370 e. The average Bonchev–Trinajstić information content (AvgIpc) is 3.41. The topological polar surface area (TPSA) is 72.4 Å². The molecule has 1 fully saturated rings. The van der Waals surface area contributed by atoms with Crippen LogP contribution in [0.15, 0.2) is 29.6 Å². The van der Waals surface area contributed by atoms with Crippen molar-refractivity contribution in [2.75, 3.05) is 12.3 Å². The number of hydrogen-bond donors (Lipinski definition) is 0. The zero-order valence-corrected chi connectivity index (χ0v) is 18.6. The highest BCUT2D eigenvalue weighted by Gasteiger charge is 2.36. The minimum atomic E-state index is -0.674. The monoisotopic (exact) mass is 445 g/mol. The zero-order valence-electron chi connectivity index (χ0n) is 16.2. The molecule has 29 heavy (non-hydrogen) atoms. The Hall–Kier alpha value is -2.23. The number of aryl methyl sites for hydroxylation is 3. The first kappa shape index (κ1) is 20.1. The molecule has 0 spiro atoms. The predicted octanol–water partition coefficient (Wildman–Crippen LogP) is 4.52. The fraction of sp³-hybridized carbons (Fsp3) is 0.300. The van der Waals surface area contributed by atoms with Crippen LogP contribution in [0, 0.1) is 20.8 Å². The molecule has 0 aliphatic carbocycles. The van der Waals surface area contributed by atoms with Crippen LogP contribution < -0.4 is 0 Å². The Bertz CT molecular complexity index is 1080. The number of nitrogens with zero attached hydrogens (tertiary/aromatic N) is 3. The highest BCUT2D eigenvalue weighted by molar-refractivity contribution is 8.00. The lowest BCUT2D eigenvalue weighted by Crippen LogP contribution is -2.38. The van der Waals surface area contributed by atoms with E-state index in [-0.39, 0.29) is 5.91 Å². The number of benzene rings is 1. The van der Waals surface area contributed by atoms with Crippen molar-refractivity contribution in [3.05, 3.63) is 56.6 Å². The summed E-state index contributed by atoms with van der Waals surface area (Å²) < 4.78 is 5.59. The van der Waals surface area contributed by atoms with E-state index in [0.717, 1.165) is 26.7 Å². The Morgan fingerprint density at radius 3 is 2.76 bits per heavy atom. The molecule has 4 rings (SSSR count). The van der Waals surface area contributed by atoms with Crippen LogP contribution >= 0.6 is 34.4 Å². The molecule has 0 bridgehead atoms. The van der Waals surface area contributed by atoms with Crippen molar-refractivity contribution in [2.45, 2.75) is 26.3 Å². The molecule has 1 atom stereocenters. The van der Waals surface area contributed by atoms with E-state index in [1.165, 1.54) is 34.4 Å². The van der Waals surface area contributed by atoms with Crippen LogP contribution in [0.25, 0.3) is 10.4 Å². The van der Waals surface area contributed by atoms with Crippen molar-refractivity contribution < 1.29 is 14.3 Å². The van der Waals surface area contributed by atoms with E-state index in [9.17, 15) is 9.59 Å². The van der Waals surface area contributed by atoms with Crippen molar-refractivity contribution >= 4 is 46.3 Å². The molecule has 1 aliphatic heterocycles. The van der Waals surface area contributed by atoms with Gasteiger partial charge in [-0.25, -0.2) is 14.8 Å². The van der Waals surface area contributed by atoms with Gasteiger partial charge in [-0.05, 0) is 26.3 Å². The molecule has 0 N–H and O–H groups in total. The molecule has 150 valence electrons. The second kappa shape index (κ2) is 8.25. The summed E-state index contributed by atoms with van der Waals surface area (Å²) >= 11 is 4.17. The van der Waals surface area contributed by atoms with Crippen LogP contribution in [-0.2, 0) is 4.74 Å². The molecular weight excluding hydrogens is 426 g/mol. The molecule has 1 aliphatic rings. The first-order chi connectivity index (χ1) is 13.9. The van der Waals surface area contributed by atoms with Crippen LogP contribution in [0.3, 0.4) is 0 Å². The number of rotatable bonds is 4. The number of thiazole rings is 2. The summed E-state index contributed by atoms with van der Waals surface area (Å²) in [5.74, 6) is -0.0265. The Balaban J connectivity index is 1.58. The SMILES string of the molecule is Cc1cccc(-c2sc(C)nc2C(=O)N2CCSC2OC(=O)c2nc(C)cs2)c1. The van der Waals surface area contributed by atoms with E-state index in [4.69, 9.17) is 4.74 Å². The van der Waals surface area contributed by atoms with Crippen LogP contribution in [0.4, 0.5) is 0 Å². The van der Waals surface area contributed by atoms with Crippen LogP contribution in [0.2, 0.25) is 0 Å². The largest absolute Gasteiger partial charge is 0.426 e. The van der Waals surface area contributed by atoms with Crippen LogP contribution in [0.1, 0.15) is 36.6 Å². The fourth-order valence-corrected chi connectivity index (χ4v) is 5.64. The van der Waals surface area contributed by atoms with Gasteiger partial charge in [0.1, 0.15) is 5.69 Å². The molecule has 0 radical (unpaired) electrons. The maximum atomic E-state index is 13.3. The van der Waals surface area contributed by atoms with Gasteiger partial charge < -0.3 is 4.74 Å². The molecule has 1 saturated heterocycles. The third-order valence-electron chi connectivity index (χ3n) is 4.33. The number of amides is 1. The van der Waals surface area contributed by atoms with E-state index in [1.807, 2.05) is 45.0 Å². The number of carbonyl (C=O) groups excluding carboxylic acids is 2. The number of hydrogen-bond acceptors (Lipinski definition) is 8. The van der Waals surface area contributed by atoms with Gasteiger partial charge in [-0.3, -0.25) is 9.69 Å². The van der Waals surface area contributed by atoms with Crippen molar-refractivity contribution in [1.29, 1.82) is 0 Å². The Kier molecular flexibility index (Phi) is 5.71. The molecule has 0 saturated carbocycles. The lowest BCUT2D eigenvalue weighted by molar-refractivity contribution is 0.0142. The number of aromatic nitrogens is 2. The standard InChI is InChI=1S/C20H19N3O3S3/c1-11-5-4-6-14(9-11)16-15(22-13(3)29-16)18(24)23-7-8-27-20(23)26-19(25)17-21-12(2)10-28-17/h4-6,9-10,20H,7-8H2,1-3H3. The summed E-state index contributed by atoms with van der Waals surface area (Å²) in [7, 11) is 0. The van der Waals surface area contributed by atoms with Gasteiger partial charge in [0.2, 0.25) is 10.6 Å². The first-order valence-electron chi connectivity index (χ1n) is 9.02. The smallest absolute Gasteiger partial charge is 0.370 e. The predicted molar refractivity (Wildman–Crippen MR) is 117 cm³/mol. The minimum absolute atomic E-state index is 0.219. The van der Waals surface area contributed by atoms with Gasteiger partial charge in [0.05, 0.1) is 9.88 Å². The van der Waals surface area contributed by atoms with E-state index in [2.05, 4.69) is 9.97 Å². The highest BCUT2D eigenvalue weighted by atomic mass is 32.2. The molecule has 3 heterocycles. The van der Waals surface area contributed by atoms with Crippen LogP contribution in [0.5, 0.6) is 0 Å². The summed E-state index contributed by atoms with van der Waals surface area (Å²) in [4.78, 5) is 36.8. The molecule has 1 aromatic carbocycles. The summed E-state index contributed by atoms with van der Waals surface area (Å²) in [6.07, 6.45) is 0. The van der Waals surface area contributed by atoms with Gasteiger partial charge in [0, 0.05) is 23.4 Å². The van der Waals surface area contributed by atoms with Gasteiger partial charge in [0.15, 0.2) is 0 Å². The summed E-state index contributed by atoms with van der Waals surface area (Å²) in [5, 5.41) is 2.92. The Labute approximate surface area is 180 Å². The normalized spacial score (nSPS) is 16.2. The Morgan fingerprint density at radius 2 is 2.03 bits per heavy atom. The summed E-state index contributed by atoms with van der Waals surface area (Å²) in [5.41, 5.74) is 2.60. The van der Waals surface area contributed by atoms with Crippen molar-refractivity contribution in [2.24, 2.45) is 0 Å². The number of ether oxygens (including phenoxy) is 1. The maximum absolute atomic E-state index is 13.3. The van der Waals surface area contributed by atoms with Gasteiger partial charge in [-0.1, -0.05) is 41.6 Å².